The topological polar surface area (TPSA) is 39.2 Å². The van der Waals surface area contributed by atoms with Crippen molar-refractivity contribution in [3.63, 3.8) is 0 Å². The van der Waals surface area contributed by atoms with Crippen LogP contribution in [-0.2, 0) is 0 Å². The van der Waals surface area contributed by atoms with Crippen molar-refractivity contribution < 1.29 is 9.53 Å². The predicted octanol–water partition coefficient (Wildman–Crippen LogP) is 3.16. The van der Waals surface area contributed by atoms with Crippen molar-refractivity contribution in [2.75, 3.05) is 0 Å². The smallest absolute Gasteiger partial charge is 0.204 e. The second-order valence-corrected chi connectivity index (χ2v) is 4.78. The van der Waals surface area contributed by atoms with E-state index in [1.807, 2.05) is 26.0 Å². The van der Waals surface area contributed by atoms with Crippen LogP contribution in [0.5, 0.6) is 5.75 Å². The fourth-order valence-electron chi connectivity index (χ4n) is 1.45. The summed E-state index contributed by atoms with van der Waals surface area (Å²) in [6.07, 6.45) is 1.69. The molecule has 0 saturated heterocycles. The van der Waals surface area contributed by atoms with Crippen LogP contribution in [0.15, 0.2) is 36.0 Å². The van der Waals surface area contributed by atoms with Gasteiger partial charge in [0.25, 0.3) is 0 Å². The van der Waals surface area contributed by atoms with Crippen LogP contribution in [0, 0.1) is 0 Å². The standard InChI is InChI=1S/C13H13NO2S/c1-9(2)16-11-5-3-4-10(6-11)13(15)12-7-14-8-17-12/h3-9H,1-2H3. The molecular formula is C13H13NO2S. The summed E-state index contributed by atoms with van der Waals surface area (Å²) in [7, 11) is 0. The highest BCUT2D eigenvalue weighted by Crippen LogP contribution is 2.19. The molecule has 1 aromatic carbocycles. The molecule has 2 aromatic rings. The van der Waals surface area contributed by atoms with Crippen LogP contribution >= 0.6 is 11.3 Å². The molecule has 0 bridgehead atoms. The first-order chi connectivity index (χ1) is 8.16. The van der Waals surface area contributed by atoms with E-state index in [1.54, 1.807) is 23.8 Å². The molecule has 4 heteroatoms. The van der Waals surface area contributed by atoms with Crippen molar-refractivity contribution in [2.45, 2.75) is 20.0 Å². The van der Waals surface area contributed by atoms with Crippen LogP contribution in [0.4, 0.5) is 0 Å². The molecule has 0 amide bonds. The van der Waals surface area contributed by atoms with E-state index in [0.717, 1.165) is 5.75 Å². The Labute approximate surface area is 104 Å². The Morgan fingerprint density at radius 2 is 2.24 bits per heavy atom. The molecule has 0 unspecified atom stereocenters. The van der Waals surface area contributed by atoms with Gasteiger partial charge in [-0.2, -0.15) is 0 Å². The number of thiazole rings is 1. The minimum absolute atomic E-state index is 0.0123. The van der Waals surface area contributed by atoms with Crippen molar-refractivity contribution in [1.29, 1.82) is 0 Å². The van der Waals surface area contributed by atoms with Gasteiger partial charge in [0, 0.05) is 11.8 Å². The molecule has 3 nitrogen and oxygen atoms in total. The van der Waals surface area contributed by atoms with Gasteiger partial charge in [-0.3, -0.25) is 9.78 Å². The number of carbonyl (C=O) groups excluding carboxylic acids is 1. The molecule has 0 N–H and O–H groups in total. The third kappa shape index (κ3) is 2.91. The molecule has 1 heterocycles. The summed E-state index contributed by atoms with van der Waals surface area (Å²) in [6, 6.07) is 7.23. The van der Waals surface area contributed by atoms with Crippen molar-refractivity contribution in [2.24, 2.45) is 0 Å². The number of carbonyl (C=O) groups is 1. The summed E-state index contributed by atoms with van der Waals surface area (Å²) in [4.78, 5) is 16.6. The first-order valence-electron chi connectivity index (χ1n) is 5.36. The van der Waals surface area contributed by atoms with E-state index in [1.165, 1.54) is 11.3 Å². The fourth-order valence-corrected chi connectivity index (χ4v) is 2.03. The summed E-state index contributed by atoms with van der Waals surface area (Å²) in [6.45, 7) is 3.91. The average Bonchev–Trinajstić information content (AvgIpc) is 2.81. The monoisotopic (exact) mass is 247 g/mol. The van der Waals surface area contributed by atoms with Crippen LogP contribution in [0.25, 0.3) is 0 Å². The summed E-state index contributed by atoms with van der Waals surface area (Å²) >= 11 is 1.34. The maximum atomic E-state index is 12.1. The molecule has 2 rings (SSSR count). The van der Waals surface area contributed by atoms with Crippen molar-refractivity contribution >= 4 is 17.1 Å². The largest absolute Gasteiger partial charge is 0.491 e. The lowest BCUT2D eigenvalue weighted by molar-refractivity contribution is 0.104. The first kappa shape index (κ1) is 11.8. The molecule has 88 valence electrons. The molecule has 0 saturated carbocycles. The fraction of sp³-hybridized carbons (Fsp3) is 0.231. The number of hydrogen-bond donors (Lipinski definition) is 0. The number of ether oxygens (including phenoxy) is 1. The zero-order chi connectivity index (χ0) is 12.3. The van der Waals surface area contributed by atoms with Crippen molar-refractivity contribution in [3.8, 4) is 5.75 Å². The van der Waals surface area contributed by atoms with Gasteiger partial charge in [-0.25, -0.2) is 0 Å². The van der Waals surface area contributed by atoms with E-state index in [2.05, 4.69) is 4.98 Å². The average molecular weight is 247 g/mol. The third-order valence-corrected chi connectivity index (χ3v) is 2.90. The lowest BCUT2D eigenvalue weighted by Crippen LogP contribution is -2.06. The molecule has 17 heavy (non-hydrogen) atoms. The van der Waals surface area contributed by atoms with Crippen LogP contribution in [0.3, 0.4) is 0 Å². The molecule has 0 radical (unpaired) electrons. The minimum Gasteiger partial charge on any atom is -0.491 e. The molecule has 0 atom stereocenters. The number of nitrogens with zero attached hydrogens (tertiary/aromatic N) is 1. The van der Waals surface area contributed by atoms with E-state index in [-0.39, 0.29) is 11.9 Å². The normalized spacial score (nSPS) is 10.5. The highest BCUT2D eigenvalue weighted by Gasteiger charge is 2.11. The molecule has 1 aromatic heterocycles. The van der Waals surface area contributed by atoms with Crippen molar-refractivity contribution in [3.05, 3.63) is 46.4 Å². The second kappa shape index (κ2) is 5.10. The van der Waals surface area contributed by atoms with Crippen molar-refractivity contribution in [1.82, 2.24) is 4.98 Å². The minimum atomic E-state index is -0.0123. The summed E-state index contributed by atoms with van der Waals surface area (Å²) in [5.74, 6) is 0.706. The maximum absolute atomic E-state index is 12.1. The van der Waals surface area contributed by atoms with E-state index in [4.69, 9.17) is 4.74 Å². The summed E-state index contributed by atoms with van der Waals surface area (Å²) in [5.41, 5.74) is 2.29. The molecule has 0 aliphatic carbocycles. The SMILES string of the molecule is CC(C)Oc1cccc(C(=O)c2cncs2)c1. The van der Waals surface area contributed by atoms with Gasteiger partial charge in [0.05, 0.1) is 16.5 Å². The Morgan fingerprint density at radius 1 is 1.41 bits per heavy atom. The lowest BCUT2D eigenvalue weighted by atomic mass is 10.1. The van der Waals surface area contributed by atoms with Gasteiger partial charge in [-0.05, 0) is 26.0 Å². The van der Waals surface area contributed by atoms with E-state index in [0.29, 0.717) is 10.4 Å². The van der Waals surface area contributed by atoms with E-state index >= 15 is 0 Å². The summed E-state index contributed by atoms with van der Waals surface area (Å²) in [5, 5.41) is 0. The number of benzene rings is 1. The number of aromatic nitrogens is 1. The van der Waals surface area contributed by atoms with Gasteiger partial charge in [0.2, 0.25) is 5.78 Å². The third-order valence-electron chi connectivity index (χ3n) is 2.12. The molecule has 0 aliphatic heterocycles. The Bertz CT molecular complexity index is 506. The molecular weight excluding hydrogens is 234 g/mol. The zero-order valence-corrected chi connectivity index (χ0v) is 10.5. The number of ketones is 1. The van der Waals surface area contributed by atoms with Gasteiger partial charge in [0.1, 0.15) is 5.75 Å². The Kier molecular flexibility index (Phi) is 3.54. The number of hydrogen-bond acceptors (Lipinski definition) is 4. The van der Waals surface area contributed by atoms with Crippen LogP contribution in [0.1, 0.15) is 29.1 Å². The predicted molar refractivity (Wildman–Crippen MR) is 67.8 cm³/mol. The van der Waals surface area contributed by atoms with Crippen LogP contribution in [-0.4, -0.2) is 16.9 Å². The maximum Gasteiger partial charge on any atom is 0.204 e. The highest BCUT2D eigenvalue weighted by molar-refractivity contribution is 7.11. The Hall–Kier alpha value is -1.68. The van der Waals surface area contributed by atoms with E-state index in [9.17, 15) is 4.79 Å². The van der Waals surface area contributed by atoms with Crippen LogP contribution < -0.4 is 4.74 Å². The second-order valence-electron chi connectivity index (χ2n) is 3.89. The van der Waals surface area contributed by atoms with Gasteiger partial charge >= 0.3 is 0 Å². The quantitative estimate of drug-likeness (QED) is 0.779. The highest BCUT2D eigenvalue weighted by atomic mass is 32.1. The van der Waals surface area contributed by atoms with E-state index < -0.39 is 0 Å². The molecule has 0 aliphatic rings. The van der Waals surface area contributed by atoms with Gasteiger partial charge < -0.3 is 4.74 Å². The lowest BCUT2D eigenvalue weighted by Gasteiger charge is -2.10. The van der Waals surface area contributed by atoms with Gasteiger partial charge in [-0.15, -0.1) is 11.3 Å². The summed E-state index contributed by atoms with van der Waals surface area (Å²) < 4.78 is 5.56. The molecule has 0 fully saturated rings. The Balaban J connectivity index is 2.24. The van der Waals surface area contributed by atoms with Gasteiger partial charge in [-0.1, -0.05) is 12.1 Å². The zero-order valence-electron chi connectivity index (χ0n) is 9.71. The first-order valence-corrected chi connectivity index (χ1v) is 6.24. The number of rotatable bonds is 4. The van der Waals surface area contributed by atoms with Crippen LogP contribution in [0.2, 0.25) is 0 Å². The van der Waals surface area contributed by atoms with Gasteiger partial charge in [0.15, 0.2) is 0 Å². The Morgan fingerprint density at radius 3 is 2.88 bits per heavy atom. The molecule has 0 spiro atoms.